The lowest BCUT2D eigenvalue weighted by Gasteiger charge is -2.36. The van der Waals surface area contributed by atoms with Gasteiger partial charge in [0.15, 0.2) is 0 Å². The third-order valence-electron chi connectivity index (χ3n) is 3.79. The summed E-state index contributed by atoms with van der Waals surface area (Å²) in [5.41, 5.74) is 0.437. The average Bonchev–Trinajstić information content (AvgIpc) is 2.47. The van der Waals surface area contributed by atoms with Crippen LogP contribution in [0.15, 0.2) is 12.4 Å². The van der Waals surface area contributed by atoms with Gasteiger partial charge in [0.25, 0.3) is 5.91 Å². The third-order valence-corrected chi connectivity index (χ3v) is 3.79. The van der Waals surface area contributed by atoms with Crippen LogP contribution in [0.3, 0.4) is 0 Å². The molecule has 2 atom stereocenters. The minimum absolute atomic E-state index is 0.00306. The Hall–Kier alpha value is -1.65. The fraction of sp³-hybridized carbons (Fsp3) is 0.667. The second kappa shape index (κ2) is 6.68. The summed E-state index contributed by atoms with van der Waals surface area (Å²) in [6.45, 7) is 8.04. The topological polar surface area (TPSA) is 58.1 Å². The van der Waals surface area contributed by atoms with E-state index < -0.39 is 0 Å². The van der Waals surface area contributed by atoms with Crippen LogP contribution in [0.5, 0.6) is 0 Å². The molecule has 1 saturated heterocycles. The Labute approximate surface area is 120 Å². The molecule has 5 nitrogen and oxygen atoms in total. The fourth-order valence-corrected chi connectivity index (χ4v) is 2.53. The van der Waals surface area contributed by atoms with E-state index in [-0.39, 0.29) is 11.9 Å². The van der Waals surface area contributed by atoms with E-state index in [1.54, 1.807) is 12.4 Å². The van der Waals surface area contributed by atoms with Crippen LogP contribution in [0.25, 0.3) is 0 Å². The van der Waals surface area contributed by atoms with E-state index in [1.807, 2.05) is 4.90 Å². The Morgan fingerprint density at radius 2 is 2.20 bits per heavy atom. The minimum Gasteiger partial charge on any atom is -0.369 e. The van der Waals surface area contributed by atoms with Gasteiger partial charge in [-0.05, 0) is 32.1 Å². The zero-order chi connectivity index (χ0) is 14.5. The van der Waals surface area contributed by atoms with Crippen molar-refractivity contribution >= 4 is 11.7 Å². The lowest BCUT2D eigenvalue weighted by molar-refractivity contribution is 0.0567. The predicted octanol–water partition coefficient (Wildman–Crippen LogP) is 2.56. The lowest BCUT2D eigenvalue weighted by Crippen LogP contribution is -2.45. The molecule has 1 aliphatic rings. The van der Waals surface area contributed by atoms with Gasteiger partial charge in [-0.25, -0.2) is 4.98 Å². The van der Waals surface area contributed by atoms with Gasteiger partial charge in [0, 0.05) is 19.1 Å². The smallest absolute Gasteiger partial charge is 0.274 e. The number of piperidine rings is 1. The molecule has 0 bridgehead atoms. The van der Waals surface area contributed by atoms with Crippen molar-refractivity contribution < 1.29 is 4.79 Å². The number of hydrogen-bond acceptors (Lipinski definition) is 4. The van der Waals surface area contributed by atoms with Crippen molar-refractivity contribution in [3.05, 3.63) is 18.1 Å². The number of aromatic nitrogens is 2. The van der Waals surface area contributed by atoms with E-state index in [0.29, 0.717) is 17.4 Å². The number of nitrogens with one attached hydrogen (secondary N) is 1. The summed E-state index contributed by atoms with van der Waals surface area (Å²) < 4.78 is 0. The van der Waals surface area contributed by atoms with E-state index in [0.717, 1.165) is 25.9 Å². The van der Waals surface area contributed by atoms with Crippen molar-refractivity contribution in [3.63, 3.8) is 0 Å². The number of carbonyl (C=O) groups is 1. The summed E-state index contributed by atoms with van der Waals surface area (Å²) in [7, 11) is 0. The van der Waals surface area contributed by atoms with Crippen molar-refractivity contribution in [2.45, 2.75) is 46.1 Å². The highest BCUT2D eigenvalue weighted by Crippen LogP contribution is 2.22. The Morgan fingerprint density at radius 1 is 1.40 bits per heavy atom. The molecule has 5 heteroatoms. The highest BCUT2D eigenvalue weighted by molar-refractivity contribution is 5.92. The van der Waals surface area contributed by atoms with Crippen LogP contribution >= 0.6 is 0 Å². The van der Waals surface area contributed by atoms with Gasteiger partial charge in [0.2, 0.25) is 0 Å². The Morgan fingerprint density at radius 3 is 2.95 bits per heavy atom. The van der Waals surface area contributed by atoms with E-state index in [4.69, 9.17) is 0 Å². The molecule has 0 aliphatic carbocycles. The maximum absolute atomic E-state index is 12.6. The van der Waals surface area contributed by atoms with Gasteiger partial charge < -0.3 is 10.2 Å². The van der Waals surface area contributed by atoms with Gasteiger partial charge in [-0.3, -0.25) is 9.78 Å². The maximum atomic E-state index is 12.6. The van der Waals surface area contributed by atoms with Crippen LogP contribution < -0.4 is 5.32 Å². The number of hydrogen-bond donors (Lipinski definition) is 1. The van der Waals surface area contributed by atoms with E-state index in [9.17, 15) is 4.79 Å². The highest BCUT2D eigenvalue weighted by Gasteiger charge is 2.28. The minimum atomic E-state index is -0.00306. The fourth-order valence-electron chi connectivity index (χ4n) is 2.53. The van der Waals surface area contributed by atoms with Gasteiger partial charge in [-0.15, -0.1) is 0 Å². The first-order chi connectivity index (χ1) is 9.61. The first-order valence-electron chi connectivity index (χ1n) is 7.48. The van der Waals surface area contributed by atoms with Crippen molar-refractivity contribution in [1.29, 1.82) is 0 Å². The van der Waals surface area contributed by atoms with Crippen molar-refractivity contribution in [3.8, 4) is 0 Å². The van der Waals surface area contributed by atoms with Gasteiger partial charge in [0.1, 0.15) is 11.5 Å². The van der Waals surface area contributed by atoms with Crippen LogP contribution in [-0.4, -0.2) is 39.9 Å². The van der Waals surface area contributed by atoms with Gasteiger partial charge in [-0.2, -0.15) is 0 Å². The predicted molar refractivity (Wildman–Crippen MR) is 79.7 cm³/mol. The molecule has 2 rings (SSSR count). The van der Waals surface area contributed by atoms with Crippen molar-refractivity contribution in [2.75, 3.05) is 18.4 Å². The molecule has 0 radical (unpaired) electrons. The summed E-state index contributed by atoms with van der Waals surface area (Å²) in [5, 5.41) is 3.17. The number of rotatable bonds is 4. The van der Waals surface area contributed by atoms with Crippen LogP contribution in [0.4, 0.5) is 5.82 Å². The zero-order valence-corrected chi connectivity index (χ0v) is 12.6. The molecule has 1 aromatic rings. The summed E-state index contributed by atoms with van der Waals surface area (Å²) in [5.74, 6) is 1.23. The second-order valence-electron chi connectivity index (χ2n) is 5.71. The molecule has 1 N–H and O–H groups in total. The molecule has 1 aliphatic heterocycles. The number of anilines is 1. The number of amides is 1. The SMILES string of the molecule is CCCNc1cncc(C(=O)N2CC(C)CCC2C)n1. The summed E-state index contributed by atoms with van der Waals surface area (Å²) in [6.07, 6.45) is 6.49. The number of likely N-dealkylation sites (tertiary alicyclic amines) is 1. The monoisotopic (exact) mass is 276 g/mol. The van der Waals surface area contributed by atoms with Crippen LogP contribution in [-0.2, 0) is 0 Å². The van der Waals surface area contributed by atoms with Crippen molar-refractivity contribution in [2.24, 2.45) is 5.92 Å². The third kappa shape index (κ3) is 3.46. The number of nitrogens with zero attached hydrogens (tertiary/aromatic N) is 3. The standard InChI is InChI=1S/C15H24N4O/c1-4-7-17-14-9-16-8-13(18-14)15(20)19-10-11(2)5-6-12(19)3/h8-9,11-12H,4-7,10H2,1-3H3,(H,17,18). The van der Waals surface area contributed by atoms with Gasteiger partial charge in [0.05, 0.1) is 12.4 Å². The molecule has 110 valence electrons. The summed E-state index contributed by atoms with van der Waals surface area (Å²) in [6, 6.07) is 0.285. The molecule has 20 heavy (non-hydrogen) atoms. The van der Waals surface area contributed by atoms with E-state index in [1.165, 1.54) is 6.42 Å². The lowest BCUT2D eigenvalue weighted by atomic mass is 9.95. The molecule has 2 unspecified atom stereocenters. The molecule has 0 aromatic carbocycles. The van der Waals surface area contributed by atoms with Crippen LogP contribution in [0.2, 0.25) is 0 Å². The molecule has 1 amide bonds. The van der Waals surface area contributed by atoms with E-state index in [2.05, 4.69) is 36.1 Å². The molecular formula is C15H24N4O. The maximum Gasteiger partial charge on any atom is 0.274 e. The zero-order valence-electron chi connectivity index (χ0n) is 12.6. The highest BCUT2D eigenvalue weighted by atomic mass is 16.2. The molecule has 0 saturated carbocycles. The molecular weight excluding hydrogens is 252 g/mol. The second-order valence-corrected chi connectivity index (χ2v) is 5.71. The van der Waals surface area contributed by atoms with Crippen LogP contribution in [0.1, 0.15) is 50.5 Å². The first-order valence-corrected chi connectivity index (χ1v) is 7.48. The van der Waals surface area contributed by atoms with Crippen LogP contribution in [0, 0.1) is 5.92 Å². The Balaban J connectivity index is 2.11. The normalized spacial score (nSPS) is 22.6. The molecule has 1 fully saturated rings. The molecule has 0 spiro atoms. The first kappa shape index (κ1) is 14.8. The Bertz CT molecular complexity index is 463. The van der Waals surface area contributed by atoms with E-state index >= 15 is 0 Å². The Kier molecular flexibility index (Phi) is 4.93. The number of carbonyl (C=O) groups excluding carboxylic acids is 1. The molecule has 1 aromatic heterocycles. The van der Waals surface area contributed by atoms with Gasteiger partial charge in [-0.1, -0.05) is 13.8 Å². The molecule has 2 heterocycles. The summed E-state index contributed by atoms with van der Waals surface area (Å²) >= 11 is 0. The quantitative estimate of drug-likeness (QED) is 0.918. The largest absolute Gasteiger partial charge is 0.369 e. The average molecular weight is 276 g/mol. The summed E-state index contributed by atoms with van der Waals surface area (Å²) in [4.78, 5) is 23.0. The van der Waals surface area contributed by atoms with Gasteiger partial charge >= 0.3 is 0 Å². The van der Waals surface area contributed by atoms with Crippen molar-refractivity contribution in [1.82, 2.24) is 14.9 Å².